The number of aryl methyl sites for hydroxylation is 1. The molecule has 0 saturated carbocycles. The molecule has 1 aromatic heterocycles. The molecule has 1 heterocycles. The minimum atomic E-state index is 0.157. The number of hydrogen-bond donors (Lipinski definition) is 1. The van der Waals surface area contributed by atoms with Crippen molar-refractivity contribution < 1.29 is 4.74 Å². The Hall–Kier alpha value is -1.68. The number of hydrogen-bond acceptors (Lipinski definition) is 4. The van der Waals surface area contributed by atoms with Gasteiger partial charge >= 0.3 is 0 Å². The summed E-state index contributed by atoms with van der Waals surface area (Å²) in [4.78, 5) is 8.58. The van der Waals surface area contributed by atoms with E-state index in [-0.39, 0.29) is 6.10 Å². The van der Waals surface area contributed by atoms with Gasteiger partial charge in [-0.3, -0.25) is 0 Å². The number of nitrogens with one attached hydrogen (secondary N) is 1. The van der Waals surface area contributed by atoms with Crippen molar-refractivity contribution in [3.05, 3.63) is 30.1 Å². The van der Waals surface area contributed by atoms with E-state index in [1.54, 1.807) is 13.4 Å². The highest BCUT2D eigenvalue weighted by molar-refractivity contribution is 5.90. The second-order valence-electron chi connectivity index (χ2n) is 4.12. The fourth-order valence-electron chi connectivity index (χ4n) is 1.70. The highest BCUT2D eigenvalue weighted by Gasteiger charge is 2.06. The van der Waals surface area contributed by atoms with Crippen LogP contribution in [0, 0.1) is 6.92 Å². The van der Waals surface area contributed by atoms with Gasteiger partial charge in [-0.25, -0.2) is 9.97 Å². The molecule has 2 rings (SSSR count). The zero-order valence-corrected chi connectivity index (χ0v) is 10.4. The fourth-order valence-corrected chi connectivity index (χ4v) is 1.70. The van der Waals surface area contributed by atoms with Gasteiger partial charge in [0.05, 0.1) is 11.6 Å². The van der Waals surface area contributed by atoms with Crippen molar-refractivity contribution in [2.24, 2.45) is 0 Å². The van der Waals surface area contributed by atoms with Crippen LogP contribution >= 0.6 is 0 Å². The zero-order valence-electron chi connectivity index (χ0n) is 10.4. The lowest BCUT2D eigenvalue weighted by atomic mass is 10.1. The average Bonchev–Trinajstić information content (AvgIpc) is 2.36. The van der Waals surface area contributed by atoms with Gasteiger partial charge in [0, 0.05) is 19.0 Å². The molecule has 17 heavy (non-hydrogen) atoms. The van der Waals surface area contributed by atoms with E-state index in [4.69, 9.17) is 4.74 Å². The first-order chi connectivity index (χ1) is 8.22. The standard InChI is InChI=1S/C13H17N3O/c1-9-5-4-6-11-12(9)15-8-16-13(11)14-7-10(2)17-3/h4-6,8,10H,7H2,1-3H3,(H,14,15,16). The second kappa shape index (κ2) is 5.10. The Bertz CT molecular complexity index is 513. The molecular formula is C13H17N3O. The summed E-state index contributed by atoms with van der Waals surface area (Å²) in [7, 11) is 1.70. The number of anilines is 1. The molecule has 4 nitrogen and oxygen atoms in total. The Kier molecular flexibility index (Phi) is 3.54. The molecule has 1 unspecified atom stereocenters. The van der Waals surface area contributed by atoms with Crippen LogP contribution in [0.15, 0.2) is 24.5 Å². The normalized spacial score (nSPS) is 12.6. The Labute approximate surface area is 101 Å². The van der Waals surface area contributed by atoms with Crippen LogP contribution in [0.1, 0.15) is 12.5 Å². The molecule has 0 bridgehead atoms. The topological polar surface area (TPSA) is 47.0 Å². The maximum absolute atomic E-state index is 5.20. The fraction of sp³-hybridized carbons (Fsp3) is 0.385. The molecule has 0 aliphatic heterocycles. The molecule has 2 aromatic rings. The van der Waals surface area contributed by atoms with Gasteiger partial charge in [-0.2, -0.15) is 0 Å². The van der Waals surface area contributed by atoms with Crippen molar-refractivity contribution in [3.8, 4) is 0 Å². The maximum Gasteiger partial charge on any atom is 0.137 e. The summed E-state index contributed by atoms with van der Waals surface area (Å²) in [5.41, 5.74) is 2.16. The SMILES string of the molecule is COC(C)CNc1ncnc2c(C)cccc12. The van der Waals surface area contributed by atoms with Gasteiger partial charge in [0.25, 0.3) is 0 Å². The number of rotatable bonds is 4. The summed E-state index contributed by atoms with van der Waals surface area (Å²) in [6.07, 6.45) is 1.75. The molecule has 0 saturated heterocycles. The summed E-state index contributed by atoms with van der Waals surface area (Å²) >= 11 is 0. The van der Waals surface area contributed by atoms with Crippen LogP contribution in [0.25, 0.3) is 10.9 Å². The van der Waals surface area contributed by atoms with Gasteiger partial charge in [-0.15, -0.1) is 0 Å². The lowest BCUT2D eigenvalue weighted by molar-refractivity contribution is 0.128. The Morgan fingerprint density at radius 1 is 1.35 bits per heavy atom. The number of methoxy groups -OCH3 is 1. The van der Waals surface area contributed by atoms with Crippen LogP contribution < -0.4 is 5.32 Å². The number of ether oxygens (including phenoxy) is 1. The third-order valence-electron chi connectivity index (χ3n) is 2.83. The molecule has 0 amide bonds. The predicted molar refractivity (Wildman–Crippen MR) is 69.2 cm³/mol. The van der Waals surface area contributed by atoms with E-state index in [9.17, 15) is 0 Å². The summed E-state index contributed by atoms with van der Waals surface area (Å²) in [5.74, 6) is 0.864. The maximum atomic E-state index is 5.20. The summed E-state index contributed by atoms with van der Waals surface area (Å²) in [6.45, 7) is 4.80. The van der Waals surface area contributed by atoms with Crippen LogP contribution in [0.3, 0.4) is 0 Å². The minimum absolute atomic E-state index is 0.157. The Morgan fingerprint density at radius 2 is 2.18 bits per heavy atom. The number of benzene rings is 1. The van der Waals surface area contributed by atoms with E-state index in [2.05, 4.69) is 28.3 Å². The molecule has 0 radical (unpaired) electrons. The molecule has 0 aliphatic carbocycles. The van der Waals surface area contributed by atoms with Gasteiger partial charge in [0.15, 0.2) is 0 Å². The van der Waals surface area contributed by atoms with Gasteiger partial charge in [-0.05, 0) is 25.5 Å². The smallest absolute Gasteiger partial charge is 0.137 e. The number of nitrogens with zero attached hydrogens (tertiary/aromatic N) is 2. The van der Waals surface area contributed by atoms with Crippen LogP contribution in [0.5, 0.6) is 0 Å². The molecule has 4 heteroatoms. The molecule has 0 aliphatic rings. The predicted octanol–water partition coefficient (Wildman–Crippen LogP) is 2.39. The van der Waals surface area contributed by atoms with Crippen LogP contribution in [0.2, 0.25) is 0 Å². The molecule has 1 aromatic carbocycles. The molecule has 90 valence electrons. The van der Waals surface area contributed by atoms with E-state index in [0.717, 1.165) is 28.8 Å². The largest absolute Gasteiger partial charge is 0.380 e. The van der Waals surface area contributed by atoms with Crippen LogP contribution in [0.4, 0.5) is 5.82 Å². The van der Waals surface area contributed by atoms with Gasteiger partial charge in [0.2, 0.25) is 0 Å². The molecule has 1 atom stereocenters. The van der Waals surface area contributed by atoms with Crippen molar-refractivity contribution in [3.63, 3.8) is 0 Å². The quantitative estimate of drug-likeness (QED) is 0.877. The lowest BCUT2D eigenvalue weighted by Crippen LogP contribution is -2.18. The van der Waals surface area contributed by atoms with Gasteiger partial charge < -0.3 is 10.1 Å². The second-order valence-corrected chi connectivity index (χ2v) is 4.12. The summed E-state index contributed by atoms with van der Waals surface area (Å²) in [6, 6.07) is 6.10. The van der Waals surface area contributed by atoms with Crippen LogP contribution in [-0.2, 0) is 4.74 Å². The Morgan fingerprint density at radius 3 is 2.94 bits per heavy atom. The lowest BCUT2D eigenvalue weighted by Gasteiger charge is -2.12. The molecule has 0 spiro atoms. The molecule has 0 fully saturated rings. The van der Waals surface area contributed by atoms with Crippen molar-refractivity contribution >= 4 is 16.7 Å². The highest BCUT2D eigenvalue weighted by atomic mass is 16.5. The molecule has 1 N–H and O–H groups in total. The van der Waals surface area contributed by atoms with Crippen molar-refractivity contribution in [1.29, 1.82) is 0 Å². The highest BCUT2D eigenvalue weighted by Crippen LogP contribution is 2.21. The third-order valence-corrected chi connectivity index (χ3v) is 2.83. The van der Waals surface area contributed by atoms with E-state index >= 15 is 0 Å². The summed E-state index contributed by atoms with van der Waals surface area (Å²) in [5, 5.41) is 4.34. The third kappa shape index (κ3) is 2.53. The van der Waals surface area contributed by atoms with E-state index in [1.807, 2.05) is 19.1 Å². The van der Waals surface area contributed by atoms with Gasteiger partial charge in [-0.1, -0.05) is 12.1 Å². The zero-order chi connectivity index (χ0) is 12.3. The first-order valence-electron chi connectivity index (χ1n) is 5.69. The first kappa shape index (κ1) is 11.8. The van der Waals surface area contributed by atoms with E-state index in [0.29, 0.717) is 0 Å². The minimum Gasteiger partial charge on any atom is -0.380 e. The summed E-state index contributed by atoms with van der Waals surface area (Å²) < 4.78 is 5.20. The monoisotopic (exact) mass is 231 g/mol. The number of fused-ring (bicyclic) bond motifs is 1. The van der Waals surface area contributed by atoms with Crippen molar-refractivity contribution in [2.45, 2.75) is 20.0 Å². The van der Waals surface area contributed by atoms with Gasteiger partial charge in [0.1, 0.15) is 12.1 Å². The first-order valence-corrected chi connectivity index (χ1v) is 5.69. The van der Waals surface area contributed by atoms with Crippen molar-refractivity contribution in [1.82, 2.24) is 9.97 Å². The van der Waals surface area contributed by atoms with Crippen LogP contribution in [-0.4, -0.2) is 29.7 Å². The van der Waals surface area contributed by atoms with E-state index < -0.39 is 0 Å². The number of para-hydroxylation sites is 1. The average molecular weight is 231 g/mol. The number of aromatic nitrogens is 2. The molecular weight excluding hydrogens is 214 g/mol. The van der Waals surface area contributed by atoms with E-state index in [1.165, 1.54) is 0 Å². The Balaban J connectivity index is 2.31. The van der Waals surface area contributed by atoms with Crippen molar-refractivity contribution in [2.75, 3.05) is 19.0 Å².